The van der Waals surface area contributed by atoms with Crippen LogP contribution in [-0.2, 0) is 12.8 Å². The van der Waals surface area contributed by atoms with Gasteiger partial charge < -0.3 is 5.32 Å². The molecule has 4 rings (SSSR count). The number of nitrogens with one attached hydrogen (secondary N) is 1. The largest absolute Gasteiger partial charge is 0.366 e. The molecule has 2 heterocycles. The molecule has 4 nitrogen and oxygen atoms in total. The normalized spacial score (nSPS) is 14.3. The summed E-state index contributed by atoms with van der Waals surface area (Å²) in [5.41, 5.74) is 3.37. The molecule has 104 valence electrons. The van der Waals surface area contributed by atoms with Gasteiger partial charge in [0.15, 0.2) is 0 Å². The Kier molecular flexibility index (Phi) is 2.77. The standard InChI is InChI=1S/C16H13FN4/c17-15-7-13-14(8-18-15)19-9-20-16(13)21-12-5-10-3-1-2-4-11(10)6-12/h1-4,7-9,12H,5-6H2,(H,19,20,21). The maximum absolute atomic E-state index is 13.4. The highest BCUT2D eigenvalue weighted by Crippen LogP contribution is 2.26. The molecule has 0 unspecified atom stereocenters. The van der Waals surface area contributed by atoms with Crippen molar-refractivity contribution < 1.29 is 4.39 Å². The molecular weight excluding hydrogens is 267 g/mol. The summed E-state index contributed by atoms with van der Waals surface area (Å²) >= 11 is 0. The van der Waals surface area contributed by atoms with Crippen molar-refractivity contribution in [2.24, 2.45) is 0 Å². The van der Waals surface area contributed by atoms with Gasteiger partial charge >= 0.3 is 0 Å². The van der Waals surface area contributed by atoms with Crippen molar-refractivity contribution in [3.05, 3.63) is 59.9 Å². The first-order valence-electron chi connectivity index (χ1n) is 6.89. The molecule has 0 aliphatic heterocycles. The lowest BCUT2D eigenvalue weighted by Crippen LogP contribution is -2.20. The summed E-state index contributed by atoms with van der Waals surface area (Å²) in [4.78, 5) is 12.0. The monoisotopic (exact) mass is 280 g/mol. The van der Waals surface area contributed by atoms with Gasteiger partial charge in [-0.05, 0) is 24.0 Å². The molecule has 0 bridgehead atoms. The number of nitrogens with zero attached hydrogens (tertiary/aromatic N) is 3. The molecule has 3 aromatic rings. The molecule has 1 aliphatic rings. The quantitative estimate of drug-likeness (QED) is 0.733. The summed E-state index contributed by atoms with van der Waals surface area (Å²) in [5, 5.41) is 4.08. The first-order chi connectivity index (χ1) is 10.3. The zero-order chi connectivity index (χ0) is 14.2. The van der Waals surface area contributed by atoms with E-state index in [4.69, 9.17) is 0 Å². The number of hydrogen-bond acceptors (Lipinski definition) is 4. The van der Waals surface area contributed by atoms with Gasteiger partial charge in [0.25, 0.3) is 0 Å². The molecule has 0 saturated carbocycles. The maximum Gasteiger partial charge on any atom is 0.213 e. The fraction of sp³-hybridized carbons (Fsp3) is 0.188. The third-order valence-electron chi connectivity index (χ3n) is 3.88. The Hall–Kier alpha value is -2.56. The molecule has 0 spiro atoms. The predicted octanol–water partition coefficient (Wildman–Crippen LogP) is 2.74. The average molecular weight is 280 g/mol. The van der Waals surface area contributed by atoms with Crippen molar-refractivity contribution >= 4 is 16.7 Å². The van der Waals surface area contributed by atoms with E-state index in [0.717, 1.165) is 12.8 Å². The minimum atomic E-state index is -0.518. The molecular formula is C16H13FN4. The van der Waals surface area contributed by atoms with E-state index >= 15 is 0 Å². The Bertz CT molecular complexity index is 793. The number of aromatic nitrogens is 3. The summed E-state index contributed by atoms with van der Waals surface area (Å²) in [6.07, 6.45) is 4.82. The molecule has 5 heteroatoms. The minimum absolute atomic E-state index is 0.275. The van der Waals surface area contributed by atoms with Crippen LogP contribution in [0, 0.1) is 5.95 Å². The number of halogens is 1. The molecule has 0 radical (unpaired) electrons. The van der Waals surface area contributed by atoms with Crippen LogP contribution < -0.4 is 5.32 Å². The van der Waals surface area contributed by atoms with Gasteiger partial charge in [-0.25, -0.2) is 15.0 Å². The van der Waals surface area contributed by atoms with E-state index < -0.39 is 5.95 Å². The first-order valence-corrected chi connectivity index (χ1v) is 6.89. The summed E-state index contributed by atoms with van der Waals surface area (Å²) < 4.78 is 13.4. The summed E-state index contributed by atoms with van der Waals surface area (Å²) in [6, 6.07) is 10.1. The first kappa shape index (κ1) is 12.2. The van der Waals surface area contributed by atoms with Crippen LogP contribution in [0.5, 0.6) is 0 Å². The lowest BCUT2D eigenvalue weighted by Gasteiger charge is -2.14. The molecule has 0 fully saturated rings. The Morgan fingerprint density at radius 3 is 2.57 bits per heavy atom. The summed E-state index contributed by atoms with van der Waals surface area (Å²) in [6.45, 7) is 0. The Balaban J connectivity index is 1.66. The Morgan fingerprint density at radius 2 is 1.81 bits per heavy atom. The second kappa shape index (κ2) is 4.77. The molecule has 0 saturated heterocycles. The highest BCUT2D eigenvalue weighted by molar-refractivity contribution is 5.88. The van der Waals surface area contributed by atoms with Crippen molar-refractivity contribution in [3.63, 3.8) is 0 Å². The maximum atomic E-state index is 13.4. The van der Waals surface area contributed by atoms with E-state index in [-0.39, 0.29) is 6.04 Å². The van der Waals surface area contributed by atoms with Gasteiger partial charge in [0.1, 0.15) is 12.1 Å². The molecule has 1 aromatic carbocycles. The van der Waals surface area contributed by atoms with Crippen molar-refractivity contribution in [3.8, 4) is 0 Å². The van der Waals surface area contributed by atoms with Crippen LogP contribution in [0.3, 0.4) is 0 Å². The minimum Gasteiger partial charge on any atom is -0.366 e. The predicted molar refractivity (Wildman–Crippen MR) is 78.6 cm³/mol. The van der Waals surface area contributed by atoms with Gasteiger partial charge in [-0.1, -0.05) is 24.3 Å². The van der Waals surface area contributed by atoms with E-state index in [2.05, 4.69) is 44.5 Å². The smallest absolute Gasteiger partial charge is 0.213 e. The van der Waals surface area contributed by atoms with Crippen molar-refractivity contribution in [1.29, 1.82) is 0 Å². The Labute approximate surface area is 121 Å². The highest BCUT2D eigenvalue weighted by atomic mass is 19.1. The second-order valence-corrected chi connectivity index (χ2v) is 5.26. The van der Waals surface area contributed by atoms with Crippen LogP contribution in [0.2, 0.25) is 0 Å². The lowest BCUT2D eigenvalue weighted by atomic mass is 10.1. The van der Waals surface area contributed by atoms with Crippen molar-refractivity contribution in [2.75, 3.05) is 5.32 Å². The zero-order valence-corrected chi connectivity index (χ0v) is 11.3. The molecule has 1 aliphatic carbocycles. The van der Waals surface area contributed by atoms with Gasteiger partial charge in [0, 0.05) is 17.5 Å². The number of rotatable bonds is 2. The average Bonchev–Trinajstić information content (AvgIpc) is 2.90. The molecule has 0 amide bonds. The topological polar surface area (TPSA) is 50.7 Å². The molecule has 1 N–H and O–H groups in total. The second-order valence-electron chi connectivity index (χ2n) is 5.26. The number of fused-ring (bicyclic) bond motifs is 2. The number of pyridine rings is 1. The van der Waals surface area contributed by atoms with Crippen LogP contribution in [0.4, 0.5) is 10.2 Å². The van der Waals surface area contributed by atoms with E-state index in [1.54, 1.807) is 0 Å². The Morgan fingerprint density at radius 1 is 1.05 bits per heavy atom. The van der Waals surface area contributed by atoms with E-state index in [1.165, 1.54) is 29.7 Å². The third-order valence-corrected chi connectivity index (χ3v) is 3.88. The SMILES string of the molecule is Fc1cc2c(NC3Cc4ccccc4C3)ncnc2cn1. The number of benzene rings is 1. The van der Waals surface area contributed by atoms with Crippen molar-refractivity contribution in [1.82, 2.24) is 15.0 Å². The van der Waals surface area contributed by atoms with Gasteiger partial charge in [-0.2, -0.15) is 4.39 Å². The fourth-order valence-corrected chi connectivity index (χ4v) is 2.90. The van der Waals surface area contributed by atoms with E-state index in [1.807, 2.05) is 0 Å². The van der Waals surface area contributed by atoms with E-state index in [0.29, 0.717) is 16.7 Å². The van der Waals surface area contributed by atoms with Crippen LogP contribution in [0.15, 0.2) is 42.9 Å². The van der Waals surface area contributed by atoms with Crippen LogP contribution in [-0.4, -0.2) is 21.0 Å². The van der Waals surface area contributed by atoms with Gasteiger partial charge in [-0.15, -0.1) is 0 Å². The lowest BCUT2D eigenvalue weighted by molar-refractivity contribution is 0.586. The van der Waals surface area contributed by atoms with Gasteiger partial charge in [0.2, 0.25) is 5.95 Å². The highest BCUT2D eigenvalue weighted by Gasteiger charge is 2.21. The molecule has 21 heavy (non-hydrogen) atoms. The molecule has 2 aromatic heterocycles. The fourth-order valence-electron chi connectivity index (χ4n) is 2.90. The third kappa shape index (κ3) is 2.20. The summed E-state index contributed by atoms with van der Waals surface area (Å²) in [7, 11) is 0. The van der Waals surface area contributed by atoms with Crippen LogP contribution in [0.1, 0.15) is 11.1 Å². The molecule has 0 atom stereocenters. The summed E-state index contributed by atoms with van der Waals surface area (Å²) in [5.74, 6) is 0.147. The van der Waals surface area contributed by atoms with Gasteiger partial charge in [-0.3, -0.25) is 0 Å². The zero-order valence-electron chi connectivity index (χ0n) is 11.3. The van der Waals surface area contributed by atoms with Crippen molar-refractivity contribution in [2.45, 2.75) is 18.9 Å². The number of hydrogen-bond donors (Lipinski definition) is 1. The van der Waals surface area contributed by atoms with E-state index in [9.17, 15) is 4.39 Å². The number of anilines is 1. The van der Waals surface area contributed by atoms with Gasteiger partial charge in [0.05, 0.1) is 11.7 Å². The van der Waals surface area contributed by atoms with Crippen LogP contribution in [0.25, 0.3) is 10.9 Å². The van der Waals surface area contributed by atoms with Crippen LogP contribution >= 0.6 is 0 Å².